The zero-order chi connectivity index (χ0) is 18.6. The van der Waals surface area contributed by atoms with E-state index < -0.39 is 0 Å². The summed E-state index contributed by atoms with van der Waals surface area (Å²) in [5.41, 5.74) is 2.55. The van der Waals surface area contributed by atoms with Gasteiger partial charge in [-0.2, -0.15) is 0 Å². The lowest BCUT2D eigenvalue weighted by Crippen LogP contribution is -2.25. The first kappa shape index (κ1) is 20.0. The molecule has 2 aromatic rings. The lowest BCUT2D eigenvalue weighted by molar-refractivity contribution is -0.137. The van der Waals surface area contributed by atoms with E-state index in [1.54, 1.807) is 13.0 Å². The molecule has 1 aromatic heterocycles. The molecule has 1 aromatic carbocycles. The zero-order valence-corrected chi connectivity index (χ0v) is 15.9. The summed E-state index contributed by atoms with van der Waals surface area (Å²) in [5, 5.41) is 1.31. The van der Waals surface area contributed by atoms with E-state index in [1.807, 2.05) is 6.08 Å². The van der Waals surface area contributed by atoms with Crippen LogP contribution in [0.5, 0.6) is 0 Å². The molecule has 0 unspecified atom stereocenters. The minimum atomic E-state index is -0.291. The molecule has 0 aliphatic heterocycles. The molecule has 2 rings (SSSR count). The Bertz CT molecular complexity index is 731. The molecule has 26 heavy (non-hydrogen) atoms. The molecule has 0 spiro atoms. The van der Waals surface area contributed by atoms with Gasteiger partial charge in [-0.1, -0.05) is 49.8 Å². The molecular weight excluding hydrogens is 324 g/mol. The summed E-state index contributed by atoms with van der Waals surface area (Å²) < 4.78 is 4.85. The number of benzene rings is 1. The molecule has 140 valence electrons. The topological polar surface area (TPSA) is 45.3 Å². The van der Waals surface area contributed by atoms with Gasteiger partial charge in [0.1, 0.15) is 0 Å². The Balaban J connectivity index is 1.88. The Morgan fingerprint density at radius 1 is 1.19 bits per heavy atom. The molecule has 0 fully saturated rings. The fraction of sp³-hybridized carbons (Fsp3) is 0.409. The lowest BCUT2D eigenvalue weighted by atomic mass is 10.1. The fourth-order valence-electron chi connectivity index (χ4n) is 2.91. The number of carbonyl (C=O) groups excluding carboxylic acids is 1. The van der Waals surface area contributed by atoms with E-state index in [4.69, 9.17) is 4.74 Å². The van der Waals surface area contributed by atoms with E-state index in [9.17, 15) is 4.79 Å². The molecule has 4 nitrogen and oxygen atoms in total. The van der Waals surface area contributed by atoms with Crippen molar-refractivity contribution in [2.75, 3.05) is 19.7 Å². The molecule has 0 radical (unpaired) electrons. The second-order valence-corrected chi connectivity index (χ2v) is 6.32. The fourth-order valence-corrected chi connectivity index (χ4v) is 2.91. The van der Waals surface area contributed by atoms with Gasteiger partial charge < -0.3 is 9.72 Å². The van der Waals surface area contributed by atoms with E-state index >= 15 is 0 Å². The monoisotopic (exact) mass is 354 g/mol. The van der Waals surface area contributed by atoms with Gasteiger partial charge in [-0.25, -0.2) is 4.79 Å². The molecule has 0 saturated heterocycles. The molecule has 4 heteroatoms. The van der Waals surface area contributed by atoms with Crippen LogP contribution >= 0.6 is 0 Å². The number of fused-ring (bicyclic) bond motifs is 1. The van der Waals surface area contributed by atoms with Crippen molar-refractivity contribution < 1.29 is 9.53 Å². The summed E-state index contributed by atoms with van der Waals surface area (Å²) in [5.74, 6) is -0.291. The molecule has 0 atom stereocenters. The van der Waals surface area contributed by atoms with Gasteiger partial charge in [0.25, 0.3) is 0 Å². The molecule has 0 bridgehead atoms. The van der Waals surface area contributed by atoms with Crippen LogP contribution in [0, 0.1) is 0 Å². The average molecular weight is 354 g/mol. The van der Waals surface area contributed by atoms with Crippen LogP contribution in [0.1, 0.15) is 38.7 Å². The second-order valence-electron chi connectivity index (χ2n) is 6.32. The summed E-state index contributed by atoms with van der Waals surface area (Å²) in [6.45, 7) is 7.50. The van der Waals surface area contributed by atoms with Crippen molar-refractivity contribution in [1.82, 2.24) is 9.88 Å². The summed E-state index contributed by atoms with van der Waals surface area (Å²) in [4.78, 5) is 17.1. The van der Waals surface area contributed by atoms with Gasteiger partial charge >= 0.3 is 5.97 Å². The number of para-hydroxylation sites is 1. The highest BCUT2D eigenvalue weighted by Gasteiger charge is 2.08. The van der Waals surface area contributed by atoms with Gasteiger partial charge in [0, 0.05) is 36.3 Å². The van der Waals surface area contributed by atoms with Crippen LogP contribution in [0.3, 0.4) is 0 Å². The van der Waals surface area contributed by atoms with Gasteiger partial charge in [0.15, 0.2) is 0 Å². The Morgan fingerprint density at radius 3 is 2.85 bits per heavy atom. The SMILES string of the molecule is CCCCN(CC/C=C/C=C/C(=O)OCC)Cc1c[nH]c2ccccc12. The first-order valence-electron chi connectivity index (χ1n) is 9.51. The molecule has 0 aliphatic carbocycles. The van der Waals surface area contributed by atoms with Crippen molar-refractivity contribution in [3.05, 3.63) is 60.3 Å². The molecule has 0 aliphatic rings. The summed E-state index contributed by atoms with van der Waals surface area (Å²) in [7, 11) is 0. The second kappa shape index (κ2) is 11.3. The number of hydrogen-bond acceptors (Lipinski definition) is 3. The maximum Gasteiger partial charge on any atom is 0.330 e. The predicted molar refractivity (Wildman–Crippen MR) is 108 cm³/mol. The third-order valence-corrected chi connectivity index (χ3v) is 4.27. The number of hydrogen-bond donors (Lipinski definition) is 1. The number of nitrogens with zero attached hydrogens (tertiary/aromatic N) is 1. The van der Waals surface area contributed by atoms with Gasteiger partial charge in [0.05, 0.1) is 6.61 Å². The standard InChI is InChI=1S/C22H30N2O2/c1-3-5-15-24(16-11-7-6-8-14-22(25)26-4-2)18-19-17-23-21-13-10-9-12-20(19)21/h6-10,12-14,17,23H,3-5,11,15-16,18H2,1-2H3/b7-6+,14-8+. The summed E-state index contributed by atoms with van der Waals surface area (Å²) >= 11 is 0. The third-order valence-electron chi connectivity index (χ3n) is 4.27. The van der Waals surface area contributed by atoms with Crippen LogP contribution < -0.4 is 0 Å². The Labute approximate surface area is 156 Å². The number of rotatable bonds is 11. The number of nitrogens with one attached hydrogen (secondary N) is 1. The maximum atomic E-state index is 11.2. The van der Waals surface area contributed by atoms with Crippen LogP contribution in [-0.2, 0) is 16.1 Å². The van der Waals surface area contributed by atoms with E-state index in [0.717, 1.165) is 26.1 Å². The largest absolute Gasteiger partial charge is 0.463 e. The highest BCUT2D eigenvalue weighted by atomic mass is 16.5. The first-order valence-corrected chi connectivity index (χ1v) is 9.51. The number of unbranched alkanes of at least 4 members (excludes halogenated alkanes) is 1. The highest BCUT2D eigenvalue weighted by Crippen LogP contribution is 2.19. The number of esters is 1. The van der Waals surface area contributed by atoms with E-state index in [-0.39, 0.29) is 5.97 Å². The number of aromatic nitrogens is 1. The van der Waals surface area contributed by atoms with Crippen LogP contribution in [0.15, 0.2) is 54.8 Å². The summed E-state index contributed by atoms with van der Waals surface area (Å²) in [6, 6.07) is 8.45. The van der Waals surface area contributed by atoms with E-state index in [2.05, 4.69) is 53.3 Å². The van der Waals surface area contributed by atoms with Crippen LogP contribution in [0.4, 0.5) is 0 Å². The maximum absolute atomic E-state index is 11.2. The molecule has 0 amide bonds. The van der Waals surface area contributed by atoms with Gasteiger partial charge in [-0.05, 0) is 37.9 Å². The van der Waals surface area contributed by atoms with Crippen LogP contribution in [0.2, 0.25) is 0 Å². The Morgan fingerprint density at radius 2 is 2.04 bits per heavy atom. The quantitative estimate of drug-likeness (QED) is 0.357. The number of carbonyl (C=O) groups is 1. The zero-order valence-electron chi connectivity index (χ0n) is 15.9. The number of allylic oxidation sites excluding steroid dienone is 2. The third kappa shape index (κ3) is 6.52. The number of H-pyrrole nitrogens is 1. The van der Waals surface area contributed by atoms with Crippen molar-refractivity contribution in [2.45, 2.75) is 39.7 Å². The van der Waals surface area contributed by atoms with Gasteiger partial charge in [0.2, 0.25) is 0 Å². The van der Waals surface area contributed by atoms with Gasteiger partial charge in [-0.3, -0.25) is 4.90 Å². The number of ether oxygens (including phenoxy) is 1. The van der Waals surface area contributed by atoms with Crippen molar-refractivity contribution >= 4 is 16.9 Å². The average Bonchev–Trinajstić information content (AvgIpc) is 3.05. The molecule has 1 N–H and O–H groups in total. The Kier molecular flexibility index (Phi) is 8.70. The highest BCUT2D eigenvalue weighted by molar-refractivity contribution is 5.83. The van der Waals surface area contributed by atoms with Crippen molar-refractivity contribution in [3.8, 4) is 0 Å². The molecule has 1 heterocycles. The predicted octanol–water partition coefficient (Wildman–Crippen LogP) is 4.84. The Hall–Kier alpha value is -2.33. The molecular formula is C22H30N2O2. The van der Waals surface area contributed by atoms with Crippen LogP contribution in [-0.4, -0.2) is 35.5 Å². The molecule has 0 saturated carbocycles. The van der Waals surface area contributed by atoms with Crippen molar-refractivity contribution in [3.63, 3.8) is 0 Å². The minimum Gasteiger partial charge on any atom is -0.463 e. The van der Waals surface area contributed by atoms with E-state index in [1.165, 1.54) is 35.4 Å². The normalized spacial score (nSPS) is 12.0. The number of aromatic amines is 1. The lowest BCUT2D eigenvalue weighted by Gasteiger charge is -2.21. The van der Waals surface area contributed by atoms with Crippen LogP contribution in [0.25, 0.3) is 10.9 Å². The van der Waals surface area contributed by atoms with Crippen molar-refractivity contribution in [1.29, 1.82) is 0 Å². The summed E-state index contributed by atoms with van der Waals surface area (Å²) in [6.07, 6.45) is 12.7. The van der Waals surface area contributed by atoms with Gasteiger partial charge in [-0.15, -0.1) is 0 Å². The first-order chi connectivity index (χ1) is 12.7. The smallest absolute Gasteiger partial charge is 0.330 e. The minimum absolute atomic E-state index is 0.291. The van der Waals surface area contributed by atoms with E-state index in [0.29, 0.717) is 6.61 Å². The van der Waals surface area contributed by atoms with Crippen molar-refractivity contribution in [2.24, 2.45) is 0 Å².